The molecule has 6 heteroatoms. The number of nitrogens with one attached hydrogen (secondary N) is 1. The van der Waals surface area contributed by atoms with E-state index in [9.17, 15) is 0 Å². The first kappa shape index (κ1) is 11.7. The van der Waals surface area contributed by atoms with Gasteiger partial charge in [-0.05, 0) is 12.6 Å². The van der Waals surface area contributed by atoms with E-state index in [1.54, 1.807) is 0 Å². The first-order chi connectivity index (χ1) is 9.86. The Morgan fingerprint density at radius 2 is 2.05 bits per heavy atom. The molecule has 0 atom stereocenters. The lowest BCUT2D eigenvalue weighted by Gasteiger charge is -2.36. The number of aromatic amines is 1. The van der Waals surface area contributed by atoms with Crippen LogP contribution in [0.1, 0.15) is 6.92 Å². The number of aromatic nitrogens is 4. The van der Waals surface area contributed by atoms with Crippen molar-refractivity contribution in [1.29, 1.82) is 0 Å². The summed E-state index contributed by atoms with van der Waals surface area (Å²) in [5, 5.41) is 3.51. The fourth-order valence-electron chi connectivity index (χ4n) is 2.98. The second-order valence-electron chi connectivity index (χ2n) is 5.21. The number of pyridine rings is 1. The van der Waals surface area contributed by atoms with Crippen LogP contribution >= 0.6 is 0 Å². The topological polar surface area (TPSA) is 53.0 Å². The van der Waals surface area contributed by atoms with E-state index in [1.807, 2.05) is 18.7 Å². The fraction of sp³-hybridized carbons (Fsp3) is 0.429. The molecule has 1 aliphatic heterocycles. The van der Waals surface area contributed by atoms with Crippen LogP contribution < -0.4 is 5.01 Å². The van der Waals surface area contributed by atoms with Crippen molar-refractivity contribution in [2.24, 2.45) is 0 Å². The number of fused-ring (bicyclic) bond motifs is 3. The number of likely N-dealkylation sites (N-methyl/N-ethyl adjacent to an activating group) is 1. The molecule has 0 amide bonds. The van der Waals surface area contributed by atoms with Gasteiger partial charge in [0.15, 0.2) is 0 Å². The Balaban J connectivity index is 1.78. The lowest BCUT2D eigenvalue weighted by Crippen LogP contribution is -2.50. The van der Waals surface area contributed by atoms with E-state index in [-0.39, 0.29) is 0 Å². The number of hydrogen-bond acceptors (Lipinski definition) is 4. The Morgan fingerprint density at radius 1 is 1.20 bits per heavy atom. The van der Waals surface area contributed by atoms with E-state index >= 15 is 0 Å². The van der Waals surface area contributed by atoms with Gasteiger partial charge < -0.3 is 9.99 Å². The van der Waals surface area contributed by atoms with Crippen LogP contribution in [0.5, 0.6) is 0 Å². The highest BCUT2D eigenvalue weighted by Crippen LogP contribution is 2.22. The summed E-state index contributed by atoms with van der Waals surface area (Å²) in [5.41, 5.74) is 3.03. The summed E-state index contributed by atoms with van der Waals surface area (Å²) in [6.07, 6.45) is 5.69. The number of hydrogen-bond donors (Lipinski definition) is 1. The summed E-state index contributed by atoms with van der Waals surface area (Å²) in [7, 11) is 0. The third-order valence-corrected chi connectivity index (χ3v) is 4.17. The summed E-state index contributed by atoms with van der Waals surface area (Å²) in [5.74, 6) is 0. The minimum atomic E-state index is 0.923. The summed E-state index contributed by atoms with van der Waals surface area (Å²) in [4.78, 5) is 14.5. The number of piperazine rings is 1. The molecule has 0 unspecified atom stereocenters. The molecule has 0 aliphatic carbocycles. The summed E-state index contributed by atoms with van der Waals surface area (Å²) in [6.45, 7) is 7.64. The van der Waals surface area contributed by atoms with Gasteiger partial charge in [0, 0.05) is 37.8 Å². The Morgan fingerprint density at radius 3 is 2.85 bits per heavy atom. The molecule has 1 fully saturated rings. The Kier molecular flexibility index (Phi) is 2.63. The molecule has 104 valence electrons. The van der Waals surface area contributed by atoms with Crippen molar-refractivity contribution in [3.63, 3.8) is 0 Å². The van der Waals surface area contributed by atoms with E-state index in [2.05, 4.69) is 42.5 Å². The molecule has 4 rings (SSSR count). The van der Waals surface area contributed by atoms with E-state index < -0.39 is 0 Å². The number of H-pyrrole nitrogens is 1. The van der Waals surface area contributed by atoms with Gasteiger partial charge in [0.25, 0.3) is 0 Å². The highest BCUT2D eigenvalue weighted by molar-refractivity contribution is 6.01. The lowest BCUT2D eigenvalue weighted by molar-refractivity contribution is 0.253. The average molecular weight is 270 g/mol. The zero-order valence-electron chi connectivity index (χ0n) is 11.6. The number of nitrogens with zero attached hydrogens (tertiary/aromatic N) is 5. The molecule has 0 aromatic carbocycles. The van der Waals surface area contributed by atoms with Gasteiger partial charge in [-0.15, -0.1) is 0 Å². The quantitative estimate of drug-likeness (QED) is 0.760. The SMILES string of the molecule is CCN1CCN(n2cnc3cnc4[nH]ccc4c32)CC1. The standard InChI is InChI=1S/C14H18N6/c1-2-18-5-7-19(8-6-18)20-10-17-12-9-16-14-11(13(12)20)3-4-15-14/h3-4,9-10H,2,5-8H2,1H3,(H,15,16). The molecule has 0 spiro atoms. The van der Waals surface area contributed by atoms with Crippen molar-refractivity contribution < 1.29 is 0 Å². The third kappa shape index (κ3) is 1.68. The van der Waals surface area contributed by atoms with Gasteiger partial charge >= 0.3 is 0 Å². The Hall–Kier alpha value is -2.08. The van der Waals surface area contributed by atoms with Crippen LogP contribution in [0, 0.1) is 0 Å². The lowest BCUT2D eigenvalue weighted by atomic mass is 10.3. The Bertz CT molecular complexity index is 734. The molecule has 1 saturated heterocycles. The predicted molar refractivity (Wildman–Crippen MR) is 79.4 cm³/mol. The Labute approximate surface area is 117 Å². The van der Waals surface area contributed by atoms with Crippen molar-refractivity contribution in [2.75, 3.05) is 37.7 Å². The normalized spacial score (nSPS) is 17.4. The van der Waals surface area contributed by atoms with Crippen LogP contribution in [0.3, 0.4) is 0 Å². The van der Waals surface area contributed by atoms with Gasteiger partial charge in [0.1, 0.15) is 23.0 Å². The van der Waals surface area contributed by atoms with Gasteiger partial charge in [-0.2, -0.15) is 0 Å². The molecular weight excluding hydrogens is 252 g/mol. The maximum Gasteiger partial charge on any atom is 0.139 e. The van der Waals surface area contributed by atoms with E-state index in [4.69, 9.17) is 0 Å². The van der Waals surface area contributed by atoms with Gasteiger partial charge in [0.05, 0.1) is 6.20 Å². The first-order valence-electron chi connectivity index (χ1n) is 7.13. The molecule has 6 nitrogen and oxygen atoms in total. The highest BCUT2D eigenvalue weighted by Gasteiger charge is 2.18. The molecule has 1 N–H and O–H groups in total. The maximum atomic E-state index is 4.49. The molecule has 1 aliphatic rings. The fourth-order valence-corrected chi connectivity index (χ4v) is 2.98. The van der Waals surface area contributed by atoms with Crippen molar-refractivity contribution >= 4 is 22.1 Å². The van der Waals surface area contributed by atoms with E-state index in [0.717, 1.165) is 54.8 Å². The summed E-state index contributed by atoms with van der Waals surface area (Å²) >= 11 is 0. The van der Waals surface area contributed by atoms with Gasteiger partial charge in [-0.1, -0.05) is 6.92 Å². The van der Waals surface area contributed by atoms with Crippen LogP contribution in [0.15, 0.2) is 24.8 Å². The second kappa shape index (κ2) is 4.49. The number of imidazole rings is 1. The monoisotopic (exact) mass is 270 g/mol. The zero-order chi connectivity index (χ0) is 13.5. The molecular formula is C14H18N6. The second-order valence-corrected chi connectivity index (χ2v) is 5.21. The van der Waals surface area contributed by atoms with Crippen LogP contribution in [0.25, 0.3) is 22.1 Å². The van der Waals surface area contributed by atoms with E-state index in [1.165, 1.54) is 0 Å². The van der Waals surface area contributed by atoms with Crippen molar-refractivity contribution in [1.82, 2.24) is 24.5 Å². The first-order valence-corrected chi connectivity index (χ1v) is 7.13. The molecule has 0 radical (unpaired) electrons. The predicted octanol–water partition coefficient (Wildman–Crippen LogP) is 1.19. The number of rotatable bonds is 2. The molecule has 20 heavy (non-hydrogen) atoms. The van der Waals surface area contributed by atoms with Crippen LogP contribution in [-0.2, 0) is 0 Å². The third-order valence-electron chi connectivity index (χ3n) is 4.17. The van der Waals surface area contributed by atoms with Gasteiger partial charge in [-0.3, -0.25) is 4.90 Å². The summed E-state index contributed by atoms with van der Waals surface area (Å²) in [6, 6.07) is 2.07. The van der Waals surface area contributed by atoms with Crippen molar-refractivity contribution in [3.8, 4) is 0 Å². The minimum Gasteiger partial charge on any atom is -0.346 e. The van der Waals surface area contributed by atoms with Crippen LogP contribution in [0.4, 0.5) is 0 Å². The van der Waals surface area contributed by atoms with Crippen LogP contribution in [0.2, 0.25) is 0 Å². The smallest absolute Gasteiger partial charge is 0.139 e. The minimum absolute atomic E-state index is 0.923. The largest absolute Gasteiger partial charge is 0.346 e. The molecule has 0 bridgehead atoms. The average Bonchev–Trinajstić information content (AvgIpc) is 3.13. The zero-order valence-corrected chi connectivity index (χ0v) is 11.6. The van der Waals surface area contributed by atoms with Gasteiger partial charge in [0.2, 0.25) is 0 Å². The van der Waals surface area contributed by atoms with Crippen molar-refractivity contribution in [2.45, 2.75) is 6.92 Å². The maximum absolute atomic E-state index is 4.49. The van der Waals surface area contributed by atoms with E-state index in [0.29, 0.717) is 0 Å². The molecule has 4 heterocycles. The van der Waals surface area contributed by atoms with Crippen molar-refractivity contribution in [3.05, 3.63) is 24.8 Å². The molecule has 0 saturated carbocycles. The molecule has 3 aromatic heterocycles. The highest BCUT2D eigenvalue weighted by atomic mass is 15.6. The van der Waals surface area contributed by atoms with Gasteiger partial charge in [-0.25, -0.2) is 14.6 Å². The molecule has 3 aromatic rings. The summed E-state index contributed by atoms with van der Waals surface area (Å²) < 4.78 is 2.19. The van der Waals surface area contributed by atoms with Crippen LogP contribution in [-0.4, -0.2) is 57.3 Å².